The van der Waals surface area contributed by atoms with Crippen molar-refractivity contribution in [2.24, 2.45) is 5.73 Å². The molecular weight excluding hydrogens is 339 g/mol. The highest BCUT2D eigenvalue weighted by Crippen LogP contribution is 2.22. The Labute approximate surface area is 155 Å². The third-order valence-electron chi connectivity index (χ3n) is 4.00. The zero-order valence-electron chi connectivity index (χ0n) is 14.3. The van der Waals surface area contributed by atoms with Gasteiger partial charge in [-0.05, 0) is 42.6 Å². The summed E-state index contributed by atoms with van der Waals surface area (Å²) < 4.78 is 13.2. The lowest BCUT2D eigenvalue weighted by Gasteiger charge is -2.20. The summed E-state index contributed by atoms with van der Waals surface area (Å²) in [4.78, 5) is 12.3. The van der Waals surface area contributed by atoms with E-state index in [0.29, 0.717) is 13.0 Å². The predicted molar refractivity (Wildman–Crippen MR) is 102 cm³/mol. The molecule has 3 nitrogen and oxygen atoms in total. The molecule has 0 saturated carbocycles. The molecule has 2 aromatic rings. The van der Waals surface area contributed by atoms with Crippen LogP contribution in [0.3, 0.4) is 0 Å². The van der Waals surface area contributed by atoms with Gasteiger partial charge in [-0.1, -0.05) is 55.3 Å². The first-order valence-electron chi connectivity index (χ1n) is 8.50. The van der Waals surface area contributed by atoms with Crippen LogP contribution in [0, 0.1) is 5.82 Å². The Morgan fingerprint density at radius 1 is 0.920 bits per heavy atom. The summed E-state index contributed by atoms with van der Waals surface area (Å²) in [5.74, 6) is -0.266. The molecule has 25 heavy (non-hydrogen) atoms. The van der Waals surface area contributed by atoms with E-state index in [2.05, 4.69) is 5.32 Å². The molecule has 0 radical (unpaired) electrons. The minimum absolute atomic E-state index is 0. The second-order valence-corrected chi connectivity index (χ2v) is 5.92. The van der Waals surface area contributed by atoms with Crippen molar-refractivity contribution in [3.63, 3.8) is 0 Å². The molecule has 0 saturated heterocycles. The number of carbonyl (C=O) groups excluding carboxylic acids is 1. The number of hydrogen-bond donors (Lipinski definition) is 2. The van der Waals surface area contributed by atoms with Crippen LogP contribution < -0.4 is 11.1 Å². The number of unbranched alkanes of at least 4 members (excludes halogenated alkanes) is 3. The lowest BCUT2D eigenvalue weighted by molar-refractivity contribution is -0.121. The van der Waals surface area contributed by atoms with Gasteiger partial charge in [-0.2, -0.15) is 0 Å². The fraction of sp³-hybridized carbons (Fsp3) is 0.350. The van der Waals surface area contributed by atoms with Crippen molar-refractivity contribution in [1.82, 2.24) is 5.32 Å². The molecule has 0 heterocycles. The zero-order valence-corrected chi connectivity index (χ0v) is 15.1. The summed E-state index contributed by atoms with van der Waals surface area (Å²) in [6, 6.07) is 15.8. The molecule has 1 unspecified atom stereocenters. The van der Waals surface area contributed by atoms with E-state index in [1.165, 1.54) is 12.1 Å². The molecule has 1 atom stereocenters. The smallest absolute Gasteiger partial charge is 0.220 e. The van der Waals surface area contributed by atoms with Gasteiger partial charge in [-0.25, -0.2) is 4.39 Å². The van der Waals surface area contributed by atoms with Crippen LogP contribution in [-0.4, -0.2) is 12.5 Å². The average Bonchev–Trinajstić information content (AvgIpc) is 2.61. The Bertz CT molecular complexity index is 619. The molecule has 0 spiro atoms. The second kappa shape index (κ2) is 11.6. The van der Waals surface area contributed by atoms with Gasteiger partial charge in [0.25, 0.3) is 0 Å². The van der Waals surface area contributed by atoms with E-state index >= 15 is 0 Å². The summed E-state index contributed by atoms with van der Waals surface area (Å²) in [6.07, 6.45) is 4.43. The summed E-state index contributed by atoms with van der Waals surface area (Å²) >= 11 is 0. The number of rotatable bonds is 9. The third kappa shape index (κ3) is 7.24. The van der Waals surface area contributed by atoms with Crippen LogP contribution in [0.2, 0.25) is 0 Å². The summed E-state index contributed by atoms with van der Waals surface area (Å²) in [7, 11) is 0. The minimum Gasteiger partial charge on any atom is -0.345 e. The highest BCUT2D eigenvalue weighted by Gasteiger charge is 2.16. The molecule has 136 valence electrons. The van der Waals surface area contributed by atoms with Crippen LogP contribution in [0.5, 0.6) is 0 Å². The molecular formula is C20H26ClFN2O. The standard InChI is InChI=1S/C20H25FN2O.ClH/c21-18-13-11-17(12-14-18)20(16-8-4-3-5-9-16)23-19(24)10-6-1-2-7-15-22;/h3-5,8-9,11-14,20H,1-2,6-7,10,15,22H2,(H,23,24);1H. The van der Waals surface area contributed by atoms with Crippen LogP contribution in [0.1, 0.15) is 49.3 Å². The van der Waals surface area contributed by atoms with Crippen molar-refractivity contribution in [2.75, 3.05) is 6.54 Å². The van der Waals surface area contributed by atoms with Crippen LogP contribution >= 0.6 is 12.4 Å². The van der Waals surface area contributed by atoms with E-state index in [1.807, 2.05) is 30.3 Å². The zero-order chi connectivity index (χ0) is 17.2. The molecule has 2 rings (SSSR count). The number of carbonyl (C=O) groups is 1. The lowest BCUT2D eigenvalue weighted by atomic mass is 9.98. The topological polar surface area (TPSA) is 55.1 Å². The van der Waals surface area contributed by atoms with E-state index in [1.54, 1.807) is 12.1 Å². The maximum atomic E-state index is 13.2. The first-order chi connectivity index (χ1) is 11.7. The van der Waals surface area contributed by atoms with E-state index in [0.717, 1.165) is 36.8 Å². The van der Waals surface area contributed by atoms with Crippen molar-refractivity contribution in [3.8, 4) is 0 Å². The van der Waals surface area contributed by atoms with Gasteiger partial charge in [-0.15, -0.1) is 12.4 Å². The highest BCUT2D eigenvalue weighted by molar-refractivity contribution is 5.85. The molecule has 0 aromatic heterocycles. The van der Waals surface area contributed by atoms with Crippen molar-refractivity contribution in [2.45, 2.75) is 38.1 Å². The minimum atomic E-state index is -0.281. The maximum Gasteiger partial charge on any atom is 0.220 e. The van der Waals surface area contributed by atoms with Gasteiger partial charge in [0.1, 0.15) is 5.82 Å². The summed E-state index contributed by atoms with van der Waals surface area (Å²) in [6.45, 7) is 0.701. The van der Waals surface area contributed by atoms with Crippen LogP contribution in [0.15, 0.2) is 54.6 Å². The number of nitrogens with two attached hydrogens (primary N) is 1. The molecule has 2 aromatic carbocycles. The number of nitrogens with one attached hydrogen (secondary N) is 1. The largest absolute Gasteiger partial charge is 0.345 e. The van der Waals surface area contributed by atoms with Crippen LogP contribution in [0.25, 0.3) is 0 Å². The molecule has 5 heteroatoms. The predicted octanol–water partition coefficient (Wildman–Crippen LogP) is 4.36. The molecule has 0 aliphatic heterocycles. The number of benzene rings is 2. The Morgan fingerprint density at radius 3 is 2.16 bits per heavy atom. The Hall–Kier alpha value is -1.91. The molecule has 0 aliphatic rings. The van der Waals surface area contributed by atoms with E-state index in [4.69, 9.17) is 5.73 Å². The lowest BCUT2D eigenvalue weighted by Crippen LogP contribution is -2.29. The first kappa shape index (κ1) is 21.1. The highest BCUT2D eigenvalue weighted by atomic mass is 35.5. The van der Waals surface area contributed by atoms with E-state index in [9.17, 15) is 9.18 Å². The average molecular weight is 365 g/mol. The molecule has 0 fully saturated rings. The second-order valence-electron chi connectivity index (χ2n) is 5.92. The van der Waals surface area contributed by atoms with Crippen LogP contribution in [0.4, 0.5) is 4.39 Å². The maximum absolute atomic E-state index is 13.2. The first-order valence-corrected chi connectivity index (χ1v) is 8.50. The third-order valence-corrected chi connectivity index (χ3v) is 4.00. The normalized spacial score (nSPS) is 11.4. The van der Waals surface area contributed by atoms with Crippen molar-refractivity contribution < 1.29 is 9.18 Å². The quantitative estimate of drug-likeness (QED) is 0.649. The van der Waals surface area contributed by atoms with Crippen molar-refractivity contribution >= 4 is 18.3 Å². The van der Waals surface area contributed by atoms with Gasteiger partial charge >= 0.3 is 0 Å². The van der Waals surface area contributed by atoms with Gasteiger partial charge in [0, 0.05) is 6.42 Å². The fourth-order valence-corrected chi connectivity index (χ4v) is 2.68. The van der Waals surface area contributed by atoms with Gasteiger partial charge in [-0.3, -0.25) is 4.79 Å². The van der Waals surface area contributed by atoms with Gasteiger partial charge < -0.3 is 11.1 Å². The fourth-order valence-electron chi connectivity index (χ4n) is 2.68. The SMILES string of the molecule is Cl.NCCCCCCC(=O)NC(c1ccccc1)c1ccc(F)cc1. The number of hydrogen-bond acceptors (Lipinski definition) is 2. The Kier molecular flexibility index (Phi) is 9.81. The van der Waals surface area contributed by atoms with E-state index < -0.39 is 0 Å². The summed E-state index contributed by atoms with van der Waals surface area (Å²) in [5.41, 5.74) is 7.33. The van der Waals surface area contributed by atoms with E-state index in [-0.39, 0.29) is 30.2 Å². The van der Waals surface area contributed by atoms with Gasteiger partial charge in [0.15, 0.2) is 0 Å². The van der Waals surface area contributed by atoms with Crippen LogP contribution in [-0.2, 0) is 4.79 Å². The van der Waals surface area contributed by atoms with Gasteiger partial charge in [0.05, 0.1) is 6.04 Å². The summed E-state index contributed by atoms with van der Waals surface area (Å²) in [5, 5.41) is 3.07. The Balaban J connectivity index is 0.00000312. The molecule has 0 aliphatic carbocycles. The Morgan fingerprint density at radius 2 is 1.52 bits per heavy atom. The number of amides is 1. The molecule has 1 amide bonds. The van der Waals surface area contributed by atoms with Crippen molar-refractivity contribution in [1.29, 1.82) is 0 Å². The van der Waals surface area contributed by atoms with Gasteiger partial charge in [0.2, 0.25) is 5.91 Å². The van der Waals surface area contributed by atoms with Crippen molar-refractivity contribution in [3.05, 3.63) is 71.5 Å². The molecule has 0 bridgehead atoms. The monoisotopic (exact) mass is 364 g/mol. The number of halogens is 2. The molecule has 3 N–H and O–H groups in total.